The summed E-state index contributed by atoms with van der Waals surface area (Å²) in [4.78, 5) is 17.3. The third-order valence-corrected chi connectivity index (χ3v) is 7.01. The number of rotatable bonds is 11. The lowest BCUT2D eigenvalue weighted by Gasteiger charge is -2.10. The zero-order valence-electron chi connectivity index (χ0n) is 20.8. The Morgan fingerprint density at radius 3 is 2.37 bits per heavy atom. The minimum Gasteiger partial charge on any atom is -0.494 e. The van der Waals surface area contributed by atoms with Gasteiger partial charge >= 0.3 is 0 Å². The number of ether oxygens (including phenoxy) is 2. The molecule has 0 aliphatic rings. The molecule has 0 atom stereocenters. The summed E-state index contributed by atoms with van der Waals surface area (Å²) in [6.45, 7) is 5.09. The number of furan rings is 1. The zero-order chi connectivity index (χ0) is 26.3. The molecular formula is C27H25N5O4S2. The van der Waals surface area contributed by atoms with Crippen LogP contribution in [0.3, 0.4) is 0 Å². The Morgan fingerprint density at radius 2 is 1.71 bits per heavy atom. The molecule has 9 nitrogen and oxygen atoms in total. The number of amides is 1. The quantitative estimate of drug-likeness (QED) is 0.196. The summed E-state index contributed by atoms with van der Waals surface area (Å²) < 4.78 is 18.5. The third kappa shape index (κ3) is 5.90. The second kappa shape index (κ2) is 12.0. The fraction of sp³-hybridized carbons (Fsp3) is 0.185. The minimum absolute atomic E-state index is 0.130. The van der Waals surface area contributed by atoms with Crippen LogP contribution in [-0.4, -0.2) is 44.6 Å². The van der Waals surface area contributed by atoms with E-state index in [1.807, 2.05) is 78.4 Å². The van der Waals surface area contributed by atoms with E-state index >= 15 is 0 Å². The van der Waals surface area contributed by atoms with E-state index in [-0.39, 0.29) is 11.7 Å². The molecular weight excluding hydrogens is 522 g/mol. The van der Waals surface area contributed by atoms with Gasteiger partial charge in [-0.05, 0) is 74.5 Å². The number of thioether (sulfide) groups is 1. The number of thiazole rings is 1. The van der Waals surface area contributed by atoms with E-state index in [2.05, 4.69) is 20.5 Å². The van der Waals surface area contributed by atoms with Crippen molar-refractivity contribution >= 4 is 34.1 Å². The van der Waals surface area contributed by atoms with Crippen LogP contribution in [0.15, 0.2) is 81.9 Å². The summed E-state index contributed by atoms with van der Waals surface area (Å²) in [7, 11) is 0. The largest absolute Gasteiger partial charge is 0.494 e. The molecule has 0 fully saturated rings. The van der Waals surface area contributed by atoms with Gasteiger partial charge in [-0.3, -0.25) is 9.36 Å². The van der Waals surface area contributed by atoms with Crippen LogP contribution < -0.4 is 14.8 Å². The molecule has 194 valence electrons. The van der Waals surface area contributed by atoms with Crippen LogP contribution in [0.5, 0.6) is 11.5 Å². The molecule has 1 amide bonds. The molecule has 0 radical (unpaired) electrons. The van der Waals surface area contributed by atoms with Crippen molar-refractivity contribution < 1.29 is 18.7 Å². The molecule has 5 rings (SSSR count). The molecule has 0 saturated carbocycles. The van der Waals surface area contributed by atoms with Crippen molar-refractivity contribution in [3.05, 3.63) is 72.3 Å². The smallest absolute Gasteiger partial charge is 0.236 e. The van der Waals surface area contributed by atoms with Crippen LogP contribution in [0, 0.1) is 0 Å². The minimum atomic E-state index is -0.191. The number of carbonyl (C=O) groups excluding carboxylic acids is 1. The average molecular weight is 548 g/mol. The molecule has 0 bridgehead atoms. The van der Waals surface area contributed by atoms with Crippen LogP contribution in [0.2, 0.25) is 0 Å². The Balaban J connectivity index is 1.28. The first-order valence-corrected chi connectivity index (χ1v) is 13.8. The normalized spacial score (nSPS) is 10.9. The van der Waals surface area contributed by atoms with Crippen molar-refractivity contribution in [3.63, 3.8) is 0 Å². The van der Waals surface area contributed by atoms with E-state index in [0.717, 1.165) is 28.4 Å². The van der Waals surface area contributed by atoms with E-state index in [1.165, 1.54) is 23.1 Å². The van der Waals surface area contributed by atoms with Crippen LogP contribution >= 0.6 is 23.1 Å². The standard InChI is InChI=1S/C27H25N5O4S2/c1-3-34-20-11-7-18(8-12-20)22-16-37-26(28-22)29-24(33)17-38-27-31-30-25(23-6-5-15-36-23)32(27)19-9-13-21(14-10-19)35-4-2/h5-16H,3-4,17H2,1-2H3,(H,28,29,33). The van der Waals surface area contributed by atoms with Gasteiger partial charge in [0, 0.05) is 10.9 Å². The van der Waals surface area contributed by atoms with Crippen LogP contribution in [0.1, 0.15) is 13.8 Å². The summed E-state index contributed by atoms with van der Waals surface area (Å²) in [5.41, 5.74) is 2.57. The van der Waals surface area contributed by atoms with Crippen molar-refractivity contribution in [2.24, 2.45) is 0 Å². The number of carbonyl (C=O) groups is 1. The summed E-state index contributed by atoms with van der Waals surface area (Å²) in [5, 5.41) is 14.5. The SMILES string of the molecule is CCOc1ccc(-c2csc(NC(=O)CSc3nnc(-c4ccco4)n3-c3ccc(OCC)cc3)n2)cc1. The van der Waals surface area contributed by atoms with Gasteiger partial charge in [0.1, 0.15) is 11.5 Å². The molecule has 0 saturated heterocycles. The molecule has 1 N–H and O–H groups in total. The average Bonchev–Trinajstić information content (AvgIpc) is 3.70. The number of hydrogen-bond donors (Lipinski definition) is 1. The van der Waals surface area contributed by atoms with Gasteiger partial charge in [0.05, 0.1) is 36.6 Å². The number of nitrogens with one attached hydrogen (secondary N) is 1. The van der Waals surface area contributed by atoms with Gasteiger partial charge in [0.2, 0.25) is 11.7 Å². The Bertz CT molecular complexity index is 1480. The van der Waals surface area contributed by atoms with Gasteiger partial charge in [-0.25, -0.2) is 4.98 Å². The van der Waals surface area contributed by atoms with Gasteiger partial charge in [-0.15, -0.1) is 21.5 Å². The summed E-state index contributed by atoms with van der Waals surface area (Å²) >= 11 is 2.65. The first kappa shape index (κ1) is 25.6. The van der Waals surface area contributed by atoms with E-state index in [0.29, 0.717) is 35.1 Å². The lowest BCUT2D eigenvalue weighted by molar-refractivity contribution is -0.113. The van der Waals surface area contributed by atoms with E-state index in [9.17, 15) is 4.79 Å². The van der Waals surface area contributed by atoms with Crippen LogP contribution in [-0.2, 0) is 4.79 Å². The van der Waals surface area contributed by atoms with Crippen molar-refractivity contribution in [2.45, 2.75) is 19.0 Å². The van der Waals surface area contributed by atoms with E-state index in [1.54, 1.807) is 12.3 Å². The highest BCUT2D eigenvalue weighted by atomic mass is 32.2. The highest BCUT2D eigenvalue weighted by molar-refractivity contribution is 7.99. The Labute approximate surface area is 227 Å². The molecule has 0 aliphatic carbocycles. The number of nitrogens with zero attached hydrogens (tertiary/aromatic N) is 4. The first-order chi connectivity index (χ1) is 18.6. The second-order valence-corrected chi connectivity index (χ2v) is 9.68. The maximum absolute atomic E-state index is 12.8. The zero-order valence-corrected chi connectivity index (χ0v) is 22.4. The highest BCUT2D eigenvalue weighted by Crippen LogP contribution is 2.30. The molecule has 38 heavy (non-hydrogen) atoms. The van der Waals surface area contributed by atoms with Crippen LogP contribution in [0.25, 0.3) is 28.5 Å². The maximum atomic E-state index is 12.8. The summed E-state index contributed by atoms with van der Waals surface area (Å²) in [5.74, 6) is 2.64. The van der Waals surface area contributed by atoms with Crippen molar-refractivity contribution in [1.29, 1.82) is 0 Å². The molecule has 0 aliphatic heterocycles. The maximum Gasteiger partial charge on any atom is 0.236 e. The second-order valence-electron chi connectivity index (χ2n) is 7.88. The van der Waals surface area contributed by atoms with Gasteiger partial charge < -0.3 is 19.2 Å². The number of hydrogen-bond acceptors (Lipinski definition) is 9. The molecule has 0 spiro atoms. The van der Waals surface area contributed by atoms with Gasteiger partial charge in [-0.1, -0.05) is 11.8 Å². The van der Waals surface area contributed by atoms with E-state index < -0.39 is 0 Å². The lowest BCUT2D eigenvalue weighted by atomic mass is 10.2. The van der Waals surface area contributed by atoms with Crippen molar-refractivity contribution in [2.75, 3.05) is 24.3 Å². The van der Waals surface area contributed by atoms with Gasteiger partial charge in [-0.2, -0.15) is 0 Å². The molecule has 0 unspecified atom stereocenters. The van der Waals surface area contributed by atoms with Crippen LogP contribution in [0.4, 0.5) is 5.13 Å². The highest BCUT2D eigenvalue weighted by Gasteiger charge is 2.19. The molecule has 3 aromatic heterocycles. The predicted molar refractivity (Wildman–Crippen MR) is 148 cm³/mol. The Morgan fingerprint density at radius 1 is 1.00 bits per heavy atom. The number of benzene rings is 2. The molecule has 11 heteroatoms. The topological polar surface area (TPSA) is 104 Å². The summed E-state index contributed by atoms with van der Waals surface area (Å²) in [6.07, 6.45) is 1.59. The molecule has 5 aromatic rings. The third-order valence-electron chi connectivity index (χ3n) is 5.32. The fourth-order valence-corrected chi connectivity index (χ4v) is 5.15. The number of anilines is 1. The monoisotopic (exact) mass is 547 g/mol. The summed E-state index contributed by atoms with van der Waals surface area (Å²) in [6, 6.07) is 18.9. The lowest BCUT2D eigenvalue weighted by Crippen LogP contribution is -2.14. The van der Waals surface area contributed by atoms with E-state index in [4.69, 9.17) is 13.9 Å². The van der Waals surface area contributed by atoms with Gasteiger partial charge in [0.25, 0.3) is 0 Å². The van der Waals surface area contributed by atoms with Crippen molar-refractivity contribution in [1.82, 2.24) is 19.7 Å². The van der Waals surface area contributed by atoms with Gasteiger partial charge in [0.15, 0.2) is 16.0 Å². The first-order valence-electron chi connectivity index (χ1n) is 12.0. The number of aromatic nitrogens is 4. The Hall–Kier alpha value is -4.09. The predicted octanol–water partition coefficient (Wildman–Crippen LogP) is 6.18. The van der Waals surface area contributed by atoms with Crippen molar-refractivity contribution in [3.8, 4) is 40.0 Å². The molecule has 2 aromatic carbocycles. The fourth-order valence-electron chi connectivity index (χ4n) is 3.66. The molecule has 3 heterocycles. The Kier molecular flexibility index (Phi) is 8.05.